The van der Waals surface area contributed by atoms with Gasteiger partial charge in [0, 0.05) is 5.56 Å². The highest BCUT2D eigenvalue weighted by Gasteiger charge is 2.23. The number of nitro groups is 1. The lowest BCUT2D eigenvalue weighted by molar-refractivity contribution is -0.386. The first kappa shape index (κ1) is 12.8. The van der Waals surface area contributed by atoms with Crippen LogP contribution in [0.3, 0.4) is 0 Å². The molecule has 2 heterocycles. The Morgan fingerprint density at radius 2 is 2.26 bits per heavy atom. The van der Waals surface area contributed by atoms with E-state index in [9.17, 15) is 14.9 Å². The molecule has 0 aliphatic rings. The maximum atomic E-state index is 10.9. The molecule has 2 aromatic rings. The Hall–Kier alpha value is -2.64. The van der Waals surface area contributed by atoms with E-state index < -0.39 is 10.9 Å². The number of aryl methyl sites for hydroxylation is 1. The van der Waals surface area contributed by atoms with Gasteiger partial charge in [0.2, 0.25) is 5.76 Å². The third-order valence-corrected chi connectivity index (χ3v) is 2.79. The zero-order chi connectivity index (χ0) is 14.2. The third-order valence-electron chi connectivity index (χ3n) is 2.79. The van der Waals surface area contributed by atoms with Crippen LogP contribution in [0.1, 0.15) is 27.5 Å². The highest BCUT2D eigenvalue weighted by atomic mass is 16.6. The standard InChI is InChI=1S/C11H11N3O5/c1-6-9(14(17)18)7(2)13(12-6)5-8-3-4-19-10(8)11(15)16/h3-4H,5H2,1-2H3,(H,15,16). The summed E-state index contributed by atoms with van der Waals surface area (Å²) in [6, 6.07) is 1.51. The van der Waals surface area contributed by atoms with E-state index in [2.05, 4.69) is 5.10 Å². The topological polar surface area (TPSA) is 111 Å². The molecule has 0 fully saturated rings. The number of carbonyl (C=O) groups is 1. The van der Waals surface area contributed by atoms with E-state index in [0.29, 0.717) is 17.0 Å². The summed E-state index contributed by atoms with van der Waals surface area (Å²) in [4.78, 5) is 21.3. The third kappa shape index (κ3) is 2.19. The molecule has 0 atom stereocenters. The maximum absolute atomic E-state index is 10.9. The molecule has 0 saturated carbocycles. The molecule has 1 N–H and O–H groups in total. The molecule has 0 amide bonds. The van der Waals surface area contributed by atoms with Gasteiger partial charge in [0.15, 0.2) is 0 Å². The number of rotatable bonds is 4. The van der Waals surface area contributed by atoms with E-state index in [-0.39, 0.29) is 18.0 Å². The maximum Gasteiger partial charge on any atom is 0.372 e. The normalized spacial score (nSPS) is 10.6. The van der Waals surface area contributed by atoms with Crippen molar-refractivity contribution in [1.29, 1.82) is 0 Å². The number of aromatic nitrogens is 2. The van der Waals surface area contributed by atoms with Crippen LogP contribution in [0.4, 0.5) is 5.69 Å². The molecule has 0 aliphatic heterocycles. The first-order chi connectivity index (χ1) is 8.91. The van der Waals surface area contributed by atoms with E-state index in [4.69, 9.17) is 9.52 Å². The lowest BCUT2D eigenvalue weighted by Gasteiger charge is -2.02. The Morgan fingerprint density at radius 3 is 2.79 bits per heavy atom. The molecular formula is C11H11N3O5. The zero-order valence-corrected chi connectivity index (χ0v) is 10.3. The van der Waals surface area contributed by atoms with Crippen LogP contribution in [0, 0.1) is 24.0 Å². The summed E-state index contributed by atoms with van der Waals surface area (Å²) in [6.07, 6.45) is 1.26. The highest BCUT2D eigenvalue weighted by Crippen LogP contribution is 2.23. The summed E-state index contributed by atoms with van der Waals surface area (Å²) in [7, 11) is 0. The lowest BCUT2D eigenvalue weighted by Crippen LogP contribution is -2.07. The summed E-state index contributed by atoms with van der Waals surface area (Å²) in [6.45, 7) is 3.21. The van der Waals surface area contributed by atoms with Gasteiger partial charge in [-0.2, -0.15) is 5.10 Å². The van der Waals surface area contributed by atoms with Crippen molar-refractivity contribution >= 4 is 11.7 Å². The fourth-order valence-corrected chi connectivity index (χ4v) is 1.91. The Bertz CT molecular complexity index is 655. The zero-order valence-electron chi connectivity index (χ0n) is 10.3. The molecule has 0 radical (unpaired) electrons. The summed E-state index contributed by atoms with van der Waals surface area (Å²) >= 11 is 0. The van der Waals surface area contributed by atoms with E-state index in [1.54, 1.807) is 6.92 Å². The molecule has 0 saturated heterocycles. The molecule has 19 heavy (non-hydrogen) atoms. The number of carboxylic acid groups (broad SMARTS) is 1. The van der Waals surface area contributed by atoms with Crippen LogP contribution < -0.4 is 0 Å². The van der Waals surface area contributed by atoms with Crippen molar-refractivity contribution in [3.63, 3.8) is 0 Å². The Balaban J connectivity index is 2.39. The fourth-order valence-electron chi connectivity index (χ4n) is 1.91. The number of hydrogen-bond donors (Lipinski definition) is 1. The first-order valence-electron chi connectivity index (χ1n) is 5.40. The molecule has 8 nitrogen and oxygen atoms in total. The Labute approximate surface area is 107 Å². The van der Waals surface area contributed by atoms with Crippen LogP contribution in [0.2, 0.25) is 0 Å². The Morgan fingerprint density at radius 1 is 1.58 bits per heavy atom. The van der Waals surface area contributed by atoms with Gasteiger partial charge in [0.25, 0.3) is 0 Å². The molecule has 0 aromatic carbocycles. The van der Waals surface area contributed by atoms with E-state index in [0.717, 1.165) is 0 Å². The minimum Gasteiger partial charge on any atom is -0.475 e. The van der Waals surface area contributed by atoms with Crippen LogP contribution >= 0.6 is 0 Å². The highest BCUT2D eigenvalue weighted by molar-refractivity contribution is 5.86. The fraction of sp³-hybridized carbons (Fsp3) is 0.273. The molecule has 0 unspecified atom stereocenters. The van der Waals surface area contributed by atoms with Crippen LogP contribution in [0.15, 0.2) is 16.7 Å². The molecule has 0 spiro atoms. The van der Waals surface area contributed by atoms with Crippen molar-refractivity contribution in [2.45, 2.75) is 20.4 Å². The predicted octanol–water partition coefficient (Wildman–Crippen LogP) is 1.75. The lowest BCUT2D eigenvalue weighted by atomic mass is 10.2. The summed E-state index contributed by atoms with van der Waals surface area (Å²) in [5.74, 6) is -1.37. The van der Waals surface area contributed by atoms with Gasteiger partial charge in [-0.25, -0.2) is 4.79 Å². The van der Waals surface area contributed by atoms with Crippen molar-refractivity contribution in [2.24, 2.45) is 0 Å². The SMILES string of the molecule is Cc1nn(Cc2ccoc2C(=O)O)c(C)c1[N+](=O)[O-]. The van der Waals surface area contributed by atoms with Crippen molar-refractivity contribution < 1.29 is 19.2 Å². The van der Waals surface area contributed by atoms with E-state index in [1.807, 2.05) is 0 Å². The van der Waals surface area contributed by atoms with Crippen molar-refractivity contribution in [3.8, 4) is 0 Å². The average Bonchev–Trinajstić information content (AvgIpc) is 2.85. The van der Waals surface area contributed by atoms with Gasteiger partial charge in [-0.1, -0.05) is 0 Å². The minimum absolute atomic E-state index is 0.0552. The van der Waals surface area contributed by atoms with Gasteiger partial charge in [0.1, 0.15) is 11.4 Å². The first-order valence-corrected chi connectivity index (χ1v) is 5.40. The van der Waals surface area contributed by atoms with Gasteiger partial charge in [-0.3, -0.25) is 14.8 Å². The molecule has 100 valence electrons. The largest absolute Gasteiger partial charge is 0.475 e. The van der Waals surface area contributed by atoms with Crippen molar-refractivity contribution in [1.82, 2.24) is 9.78 Å². The number of hydrogen-bond acceptors (Lipinski definition) is 5. The summed E-state index contributed by atoms with van der Waals surface area (Å²) < 4.78 is 6.24. The Kier molecular flexibility index (Phi) is 3.07. The van der Waals surface area contributed by atoms with Gasteiger partial charge < -0.3 is 9.52 Å². The quantitative estimate of drug-likeness (QED) is 0.665. The van der Waals surface area contributed by atoms with Crippen LogP contribution in [0.5, 0.6) is 0 Å². The minimum atomic E-state index is -1.18. The summed E-state index contributed by atoms with van der Waals surface area (Å²) in [5, 5.41) is 23.8. The summed E-state index contributed by atoms with van der Waals surface area (Å²) in [5.41, 5.74) is 1.02. The molecule has 0 aliphatic carbocycles. The van der Waals surface area contributed by atoms with Gasteiger partial charge >= 0.3 is 11.7 Å². The van der Waals surface area contributed by atoms with Gasteiger partial charge in [0.05, 0.1) is 17.7 Å². The number of carboxylic acids is 1. The second kappa shape index (κ2) is 4.56. The van der Waals surface area contributed by atoms with Crippen molar-refractivity contribution in [3.05, 3.63) is 45.2 Å². The van der Waals surface area contributed by atoms with E-state index in [1.165, 1.54) is 23.9 Å². The van der Waals surface area contributed by atoms with Crippen molar-refractivity contribution in [2.75, 3.05) is 0 Å². The van der Waals surface area contributed by atoms with Gasteiger partial charge in [-0.05, 0) is 19.9 Å². The number of furan rings is 1. The molecule has 2 aromatic heterocycles. The number of aromatic carboxylic acids is 1. The van der Waals surface area contributed by atoms with Crippen LogP contribution in [0.25, 0.3) is 0 Å². The monoisotopic (exact) mass is 265 g/mol. The smallest absolute Gasteiger partial charge is 0.372 e. The van der Waals surface area contributed by atoms with Gasteiger partial charge in [-0.15, -0.1) is 0 Å². The second-order valence-electron chi connectivity index (χ2n) is 4.01. The molecular weight excluding hydrogens is 254 g/mol. The van der Waals surface area contributed by atoms with Crippen LogP contribution in [-0.4, -0.2) is 25.8 Å². The average molecular weight is 265 g/mol. The van der Waals surface area contributed by atoms with E-state index >= 15 is 0 Å². The molecule has 0 bridgehead atoms. The van der Waals surface area contributed by atoms with Crippen LogP contribution in [-0.2, 0) is 6.54 Å². The molecule has 2 rings (SSSR count). The number of nitrogens with zero attached hydrogens (tertiary/aromatic N) is 3. The predicted molar refractivity (Wildman–Crippen MR) is 63.1 cm³/mol. The second-order valence-corrected chi connectivity index (χ2v) is 4.01. The molecule has 8 heteroatoms.